The molecule has 1 aromatic carbocycles. The Morgan fingerprint density at radius 3 is 2.69 bits per heavy atom. The Morgan fingerprint density at radius 1 is 1.10 bits per heavy atom. The van der Waals surface area contributed by atoms with Crippen molar-refractivity contribution in [2.75, 3.05) is 0 Å². The molecule has 0 aliphatic carbocycles. The first-order valence-electron chi connectivity index (χ1n) is 10.4. The molecule has 1 aliphatic rings. The van der Waals surface area contributed by atoms with Crippen LogP contribution in [0, 0.1) is 13.8 Å². The molecular weight excluding hydrogens is 364 g/mol. The number of benzene rings is 1. The van der Waals surface area contributed by atoms with Crippen molar-refractivity contribution in [3.8, 4) is 5.69 Å². The van der Waals surface area contributed by atoms with E-state index in [0.717, 1.165) is 53.7 Å². The van der Waals surface area contributed by atoms with Crippen LogP contribution in [0.5, 0.6) is 0 Å². The predicted molar refractivity (Wildman–Crippen MR) is 111 cm³/mol. The molecule has 0 saturated carbocycles. The van der Waals surface area contributed by atoms with Crippen LogP contribution in [-0.4, -0.2) is 30.5 Å². The smallest absolute Gasteiger partial charge is 0.220 e. The lowest BCUT2D eigenvalue weighted by Gasteiger charge is -2.09. The van der Waals surface area contributed by atoms with Crippen LogP contribution in [0.3, 0.4) is 0 Å². The Balaban J connectivity index is 1.29. The number of nitrogens with zero attached hydrogens (tertiary/aromatic N) is 5. The van der Waals surface area contributed by atoms with E-state index in [1.165, 1.54) is 12.8 Å². The molecule has 1 N–H and O–H groups in total. The van der Waals surface area contributed by atoms with Gasteiger partial charge in [-0.15, -0.1) is 10.2 Å². The third kappa shape index (κ3) is 4.55. The van der Waals surface area contributed by atoms with Crippen molar-refractivity contribution in [1.29, 1.82) is 0 Å². The van der Waals surface area contributed by atoms with Gasteiger partial charge >= 0.3 is 0 Å². The van der Waals surface area contributed by atoms with E-state index in [4.69, 9.17) is 0 Å². The number of rotatable bonds is 6. The maximum absolute atomic E-state index is 12.3. The fourth-order valence-corrected chi connectivity index (χ4v) is 3.89. The third-order valence-electron chi connectivity index (χ3n) is 5.46. The number of amides is 1. The van der Waals surface area contributed by atoms with E-state index in [1.807, 2.05) is 18.5 Å². The Hall–Kier alpha value is -2.96. The van der Waals surface area contributed by atoms with Crippen LogP contribution >= 0.6 is 0 Å². The van der Waals surface area contributed by atoms with Crippen molar-refractivity contribution in [1.82, 2.24) is 29.9 Å². The number of aryl methyl sites for hydroxylation is 4. The molecule has 7 nitrogen and oxygen atoms in total. The fourth-order valence-electron chi connectivity index (χ4n) is 3.89. The van der Waals surface area contributed by atoms with Crippen molar-refractivity contribution in [2.45, 2.75) is 65.5 Å². The second kappa shape index (κ2) is 8.59. The average molecular weight is 393 g/mol. The average Bonchev–Trinajstić information content (AvgIpc) is 3.17. The minimum atomic E-state index is 0.0404. The van der Waals surface area contributed by atoms with Crippen molar-refractivity contribution >= 4 is 5.91 Å². The van der Waals surface area contributed by atoms with Gasteiger partial charge in [0, 0.05) is 25.1 Å². The second-order valence-corrected chi connectivity index (χ2v) is 7.78. The molecule has 0 spiro atoms. The summed E-state index contributed by atoms with van der Waals surface area (Å²) in [6.07, 6.45) is 5.70. The fraction of sp³-hybridized carbons (Fsp3) is 0.455. The molecular formula is C22H28N6O. The second-order valence-electron chi connectivity index (χ2n) is 7.78. The molecule has 4 rings (SSSR count). The van der Waals surface area contributed by atoms with Gasteiger partial charge in [0.15, 0.2) is 5.82 Å². The molecule has 3 aromatic rings. The highest BCUT2D eigenvalue weighted by Gasteiger charge is 2.15. The normalized spacial score (nSPS) is 13.7. The maximum Gasteiger partial charge on any atom is 0.220 e. The minimum Gasteiger partial charge on any atom is -0.349 e. The summed E-state index contributed by atoms with van der Waals surface area (Å²) >= 11 is 0. The van der Waals surface area contributed by atoms with Crippen molar-refractivity contribution in [3.63, 3.8) is 0 Å². The summed E-state index contributed by atoms with van der Waals surface area (Å²) in [7, 11) is 0. The van der Waals surface area contributed by atoms with E-state index >= 15 is 0 Å². The van der Waals surface area contributed by atoms with E-state index in [2.05, 4.69) is 55.5 Å². The molecule has 0 bridgehead atoms. The standard InChI is InChI=1S/C22H28N6O/c1-16-14-17(2)28(26-16)19-10-7-18(8-11-19)9-12-22(29)23-15-21-25-24-20-6-4-3-5-13-27(20)21/h7-8,10-11,14H,3-6,9,12-13,15H2,1-2H3,(H,23,29). The lowest BCUT2D eigenvalue weighted by molar-refractivity contribution is -0.121. The molecule has 3 heterocycles. The van der Waals surface area contributed by atoms with Gasteiger partial charge in [-0.3, -0.25) is 4.79 Å². The largest absolute Gasteiger partial charge is 0.349 e. The summed E-state index contributed by atoms with van der Waals surface area (Å²) in [5, 5.41) is 16.1. The quantitative estimate of drug-likeness (QED) is 0.699. The van der Waals surface area contributed by atoms with Crippen LogP contribution in [0.25, 0.3) is 5.69 Å². The van der Waals surface area contributed by atoms with Crippen LogP contribution in [-0.2, 0) is 30.7 Å². The van der Waals surface area contributed by atoms with Gasteiger partial charge in [-0.1, -0.05) is 18.6 Å². The summed E-state index contributed by atoms with van der Waals surface area (Å²) < 4.78 is 4.11. The van der Waals surface area contributed by atoms with E-state index in [1.54, 1.807) is 0 Å². The summed E-state index contributed by atoms with van der Waals surface area (Å²) in [6, 6.07) is 10.3. The van der Waals surface area contributed by atoms with Gasteiger partial charge < -0.3 is 9.88 Å². The van der Waals surface area contributed by atoms with Crippen molar-refractivity contribution in [3.05, 3.63) is 58.9 Å². The lowest BCUT2D eigenvalue weighted by atomic mass is 10.1. The highest BCUT2D eigenvalue weighted by Crippen LogP contribution is 2.15. The van der Waals surface area contributed by atoms with Gasteiger partial charge in [0.05, 0.1) is 17.9 Å². The van der Waals surface area contributed by atoms with Gasteiger partial charge in [0.25, 0.3) is 0 Å². The molecule has 0 unspecified atom stereocenters. The highest BCUT2D eigenvalue weighted by molar-refractivity contribution is 5.76. The third-order valence-corrected chi connectivity index (χ3v) is 5.46. The molecule has 2 aromatic heterocycles. The highest BCUT2D eigenvalue weighted by atomic mass is 16.1. The Morgan fingerprint density at radius 2 is 1.93 bits per heavy atom. The number of carbonyl (C=O) groups is 1. The van der Waals surface area contributed by atoms with Gasteiger partial charge in [0.2, 0.25) is 5.91 Å². The number of aromatic nitrogens is 5. The Labute approximate surface area is 171 Å². The first kappa shape index (κ1) is 19.4. The lowest BCUT2D eigenvalue weighted by Crippen LogP contribution is -2.25. The van der Waals surface area contributed by atoms with Crippen molar-refractivity contribution < 1.29 is 4.79 Å². The summed E-state index contributed by atoms with van der Waals surface area (Å²) in [6.45, 7) is 5.44. The predicted octanol–water partition coefficient (Wildman–Crippen LogP) is 3.06. The molecule has 152 valence electrons. The van der Waals surface area contributed by atoms with E-state index < -0.39 is 0 Å². The zero-order valence-electron chi connectivity index (χ0n) is 17.2. The first-order valence-corrected chi connectivity index (χ1v) is 10.4. The Kier molecular flexibility index (Phi) is 5.74. The number of carbonyl (C=O) groups excluding carboxylic acids is 1. The number of hydrogen-bond acceptors (Lipinski definition) is 4. The molecule has 0 atom stereocenters. The van der Waals surface area contributed by atoms with E-state index in [0.29, 0.717) is 19.4 Å². The zero-order chi connectivity index (χ0) is 20.2. The van der Waals surface area contributed by atoms with Gasteiger partial charge in [0.1, 0.15) is 5.82 Å². The summed E-state index contributed by atoms with van der Waals surface area (Å²) in [5.74, 6) is 1.96. The van der Waals surface area contributed by atoms with Gasteiger partial charge in [-0.2, -0.15) is 5.10 Å². The topological polar surface area (TPSA) is 77.6 Å². The first-order chi connectivity index (χ1) is 14.1. The molecule has 29 heavy (non-hydrogen) atoms. The number of fused-ring (bicyclic) bond motifs is 1. The number of nitrogens with one attached hydrogen (secondary N) is 1. The minimum absolute atomic E-state index is 0.0404. The monoisotopic (exact) mass is 392 g/mol. The van der Waals surface area contributed by atoms with E-state index in [9.17, 15) is 4.79 Å². The molecule has 1 amide bonds. The molecule has 1 aliphatic heterocycles. The summed E-state index contributed by atoms with van der Waals surface area (Å²) in [4.78, 5) is 12.3. The van der Waals surface area contributed by atoms with Gasteiger partial charge in [-0.25, -0.2) is 4.68 Å². The molecule has 0 radical (unpaired) electrons. The molecule has 0 fully saturated rings. The maximum atomic E-state index is 12.3. The molecule has 7 heteroatoms. The van der Waals surface area contributed by atoms with Crippen LogP contribution in [0.1, 0.15) is 54.3 Å². The number of hydrogen-bond donors (Lipinski definition) is 1. The van der Waals surface area contributed by atoms with Gasteiger partial charge in [-0.05, 0) is 56.9 Å². The Bertz CT molecular complexity index is 985. The van der Waals surface area contributed by atoms with Crippen LogP contribution in [0.4, 0.5) is 0 Å². The van der Waals surface area contributed by atoms with Crippen LogP contribution in [0.2, 0.25) is 0 Å². The van der Waals surface area contributed by atoms with Crippen LogP contribution in [0.15, 0.2) is 30.3 Å². The van der Waals surface area contributed by atoms with Crippen molar-refractivity contribution in [2.24, 2.45) is 0 Å². The van der Waals surface area contributed by atoms with Crippen LogP contribution < -0.4 is 5.32 Å². The SMILES string of the molecule is Cc1cc(C)n(-c2ccc(CCC(=O)NCc3nnc4n3CCCCC4)cc2)n1. The summed E-state index contributed by atoms with van der Waals surface area (Å²) in [5.41, 5.74) is 4.30. The zero-order valence-corrected chi connectivity index (χ0v) is 17.2. The van der Waals surface area contributed by atoms with E-state index in [-0.39, 0.29) is 5.91 Å². The molecule has 0 saturated heterocycles.